The largest absolute Gasteiger partial charge is 0.272 e. The van der Waals surface area contributed by atoms with Crippen molar-refractivity contribution >= 4 is 32.2 Å². The van der Waals surface area contributed by atoms with E-state index in [1.54, 1.807) is 23.6 Å². The van der Waals surface area contributed by atoms with Crippen LogP contribution in [-0.2, 0) is 16.4 Å². The van der Waals surface area contributed by atoms with Crippen molar-refractivity contribution in [1.82, 2.24) is 4.98 Å². The van der Waals surface area contributed by atoms with Crippen LogP contribution in [0.5, 0.6) is 0 Å². The third kappa shape index (κ3) is 3.75. The molecule has 0 spiro atoms. The number of hydrogen-bond acceptors (Lipinski definition) is 6. The molecule has 0 aliphatic heterocycles. The van der Waals surface area contributed by atoms with Crippen molar-refractivity contribution in [3.63, 3.8) is 0 Å². The fraction of sp³-hybridized carbons (Fsp3) is 0.182. The summed E-state index contributed by atoms with van der Waals surface area (Å²) in [6.45, 7) is 0. The average molecular weight is 313 g/mol. The van der Waals surface area contributed by atoms with Crippen molar-refractivity contribution in [3.8, 4) is 0 Å². The summed E-state index contributed by atoms with van der Waals surface area (Å²) in [7, 11) is -3.57. The Morgan fingerprint density at radius 3 is 2.75 bits per heavy atom. The van der Waals surface area contributed by atoms with E-state index in [1.807, 2.05) is 0 Å². The van der Waals surface area contributed by atoms with Crippen molar-refractivity contribution in [3.05, 3.63) is 51.5 Å². The number of nitrogens with one attached hydrogen (secondary N) is 1. The van der Waals surface area contributed by atoms with E-state index in [1.165, 1.54) is 23.6 Å². The number of nitro groups is 1. The zero-order valence-corrected chi connectivity index (χ0v) is 11.9. The number of nitro benzene ring substituents is 1. The highest BCUT2D eigenvalue weighted by Crippen LogP contribution is 2.19. The van der Waals surface area contributed by atoms with E-state index in [9.17, 15) is 18.5 Å². The molecule has 2 aromatic rings. The van der Waals surface area contributed by atoms with Crippen LogP contribution in [0.25, 0.3) is 0 Å². The molecule has 106 valence electrons. The van der Waals surface area contributed by atoms with Gasteiger partial charge in [0.15, 0.2) is 5.13 Å². The molecule has 0 atom stereocenters. The monoisotopic (exact) mass is 313 g/mol. The Bertz CT molecular complexity index is 698. The summed E-state index contributed by atoms with van der Waals surface area (Å²) >= 11 is 1.17. The molecule has 0 aliphatic carbocycles. The van der Waals surface area contributed by atoms with E-state index in [0.29, 0.717) is 5.56 Å². The van der Waals surface area contributed by atoms with Gasteiger partial charge < -0.3 is 0 Å². The molecule has 0 radical (unpaired) electrons. The highest BCUT2D eigenvalue weighted by molar-refractivity contribution is 7.92. The van der Waals surface area contributed by atoms with Crippen molar-refractivity contribution in [1.29, 1.82) is 0 Å². The number of anilines is 1. The number of thiazole rings is 1. The Balaban J connectivity index is 2.07. The second kappa shape index (κ2) is 5.97. The molecule has 7 nitrogen and oxygen atoms in total. The van der Waals surface area contributed by atoms with Crippen molar-refractivity contribution in [2.75, 3.05) is 10.5 Å². The number of aromatic nitrogens is 1. The summed E-state index contributed by atoms with van der Waals surface area (Å²) in [5.41, 5.74) is 0.318. The van der Waals surface area contributed by atoms with Gasteiger partial charge in [-0.05, 0) is 6.42 Å². The molecule has 2 rings (SSSR count). The van der Waals surface area contributed by atoms with Crippen molar-refractivity contribution in [2.24, 2.45) is 0 Å². The molecular formula is C11H11N3O4S2. The van der Waals surface area contributed by atoms with E-state index in [2.05, 4.69) is 9.71 Å². The summed E-state index contributed by atoms with van der Waals surface area (Å²) < 4.78 is 26.0. The van der Waals surface area contributed by atoms with Gasteiger partial charge in [0.25, 0.3) is 5.69 Å². The fourth-order valence-corrected chi connectivity index (χ4v) is 3.46. The predicted molar refractivity (Wildman–Crippen MR) is 76.3 cm³/mol. The molecule has 1 aromatic heterocycles. The second-order valence-electron chi connectivity index (χ2n) is 3.89. The molecule has 0 amide bonds. The SMILES string of the molecule is O=[N+]([O-])c1ccccc1CCS(=O)(=O)Nc1nccs1. The number of para-hydroxylation sites is 1. The van der Waals surface area contributed by atoms with Gasteiger partial charge in [0.2, 0.25) is 10.0 Å². The van der Waals surface area contributed by atoms with Gasteiger partial charge >= 0.3 is 0 Å². The first-order valence-corrected chi connectivity index (χ1v) is 8.13. The molecule has 20 heavy (non-hydrogen) atoms. The maximum atomic E-state index is 11.8. The predicted octanol–water partition coefficient (Wildman–Crippen LogP) is 2.04. The van der Waals surface area contributed by atoms with Crippen LogP contribution in [0.2, 0.25) is 0 Å². The molecular weight excluding hydrogens is 302 g/mol. The molecule has 1 N–H and O–H groups in total. The first kappa shape index (κ1) is 14.4. The van der Waals surface area contributed by atoms with Crippen LogP contribution in [0.1, 0.15) is 5.56 Å². The summed E-state index contributed by atoms with van der Waals surface area (Å²) in [6, 6.07) is 6.10. The van der Waals surface area contributed by atoms with Crippen LogP contribution in [0.3, 0.4) is 0 Å². The summed E-state index contributed by atoms with van der Waals surface area (Å²) in [6.07, 6.45) is 1.56. The second-order valence-corrected chi connectivity index (χ2v) is 6.63. The van der Waals surface area contributed by atoms with Crippen molar-refractivity contribution in [2.45, 2.75) is 6.42 Å². The normalized spacial score (nSPS) is 11.2. The quantitative estimate of drug-likeness (QED) is 0.649. The average Bonchev–Trinajstić information content (AvgIpc) is 2.89. The first-order valence-electron chi connectivity index (χ1n) is 5.60. The van der Waals surface area contributed by atoms with Crippen LogP contribution in [0.4, 0.5) is 10.8 Å². The van der Waals surface area contributed by atoms with Crippen LogP contribution >= 0.6 is 11.3 Å². The standard InChI is InChI=1S/C11H11N3O4S2/c15-14(16)10-4-2-1-3-9(10)5-8-20(17,18)13-11-12-6-7-19-11/h1-4,6-7H,5,8H2,(H,12,13). The molecule has 1 heterocycles. The maximum absolute atomic E-state index is 11.8. The molecule has 0 fully saturated rings. The summed E-state index contributed by atoms with van der Waals surface area (Å²) in [5.74, 6) is -0.239. The molecule has 0 saturated carbocycles. The minimum atomic E-state index is -3.57. The van der Waals surface area contributed by atoms with Gasteiger partial charge in [-0.1, -0.05) is 18.2 Å². The van der Waals surface area contributed by atoms with Crippen LogP contribution in [0, 0.1) is 10.1 Å². The Kier molecular flexibility index (Phi) is 4.30. The van der Waals surface area contributed by atoms with Gasteiger partial charge in [0.05, 0.1) is 10.7 Å². The highest BCUT2D eigenvalue weighted by Gasteiger charge is 2.17. The van der Waals surface area contributed by atoms with Crippen LogP contribution in [-0.4, -0.2) is 24.1 Å². The molecule has 9 heteroatoms. The summed E-state index contributed by atoms with van der Waals surface area (Å²) in [5, 5.41) is 12.8. The molecule has 0 aliphatic rings. The minimum absolute atomic E-state index is 0.0673. The van der Waals surface area contributed by atoms with Gasteiger partial charge in [-0.3, -0.25) is 14.8 Å². The molecule has 0 bridgehead atoms. The molecule has 1 aromatic carbocycles. The summed E-state index contributed by atoms with van der Waals surface area (Å²) in [4.78, 5) is 14.1. The molecule has 0 saturated heterocycles. The number of aryl methyl sites for hydroxylation is 1. The van der Waals surface area contributed by atoms with Crippen LogP contribution < -0.4 is 4.72 Å². The Morgan fingerprint density at radius 2 is 2.10 bits per heavy atom. The zero-order chi connectivity index (χ0) is 14.6. The number of rotatable bonds is 6. The lowest BCUT2D eigenvalue weighted by Gasteiger charge is -2.05. The van der Waals surface area contributed by atoms with E-state index in [0.717, 1.165) is 0 Å². The third-order valence-corrected chi connectivity index (χ3v) is 4.57. The van der Waals surface area contributed by atoms with E-state index >= 15 is 0 Å². The Morgan fingerprint density at radius 1 is 1.35 bits per heavy atom. The lowest BCUT2D eigenvalue weighted by molar-refractivity contribution is -0.385. The van der Waals surface area contributed by atoms with E-state index < -0.39 is 14.9 Å². The lowest BCUT2D eigenvalue weighted by Crippen LogP contribution is -2.18. The first-order chi connectivity index (χ1) is 9.48. The number of benzene rings is 1. The van der Waals surface area contributed by atoms with Gasteiger partial charge in [0, 0.05) is 23.2 Å². The number of sulfonamides is 1. The highest BCUT2D eigenvalue weighted by atomic mass is 32.2. The number of nitrogens with zero attached hydrogens (tertiary/aromatic N) is 2. The van der Waals surface area contributed by atoms with E-state index in [4.69, 9.17) is 0 Å². The topological polar surface area (TPSA) is 102 Å². The smallest absolute Gasteiger partial charge is 0.259 e. The maximum Gasteiger partial charge on any atom is 0.272 e. The zero-order valence-electron chi connectivity index (χ0n) is 10.2. The van der Waals surface area contributed by atoms with Crippen molar-refractivity contribution < 1.29 is 13.3 Å². The van der Waals surface area contributed by atoms with Gasteiger partial charge in [-0.2, -0.15) is 0 Å². The Hall–Kier alpha value is -2.00. The van der Waals surface area contributed by atoms with E-state index in [-0.39, 0.29) is 23.0 Å². The lowest BCUT2D eigenvalue weighted by atomic mass is 10.1. The third-order valence-electron chi connectivity index (χ3n) is 2.50. The van der Waals surface area contributed by atoms with Gasteiger partial charge in [0.1, 0.15) is 0 Å². The van der Waals surface area contributed by atoms with Gasteiger partial charge in [-0.15, -0.1) is 11.3 Å². The molecule has 0 unspecified atom stereocenters. The minimum Gasteiger partial charge on any atom is -0.259 e. The van der Waals surface area contributed by atoms with Crippen LogP contribution in [0.15, 0.2) is 35.8 Å². The van der Waals surface area contributed by atoms with Gasteiger partial charge in [-0.25, -0.2) is 13.4 Å². The Labute approximate surface area is 119 Å². The fourth-order valence-electron chi connectivity index (χ4n) is 1.60. The number of hydrogen-bond donors (Lipinski definition) is 1.